The van der Waals surface area contributed by atoms with E-state index >= 15 is 0 Å². The van der Waals surface area contributed by atoms with E-state index in [-0.39, 0.29) is 17.6 Å². The number of ether oxygens (including phenoxy) is 1. The number of aromatic nitrogens is 3. The molecule has 39 heavy (non-hydrogen) atoms. The van der Waals surface area contributed by atoms with Crippen LogP contribution in [0.5, 0.6) is 5.75 Å². The van der Waals surface area contributed by atoms with Crippen LogP contribution in [-0.2, 0) is 0 Å². The van der Waals surface area contributed by atoms with Gasteiger partial charge in [-0.3, -0.25) is 9.36 Å². The third-order valence-electron chi connectivity index (χ3n) is 8.53. The highest BCUT2D eigenvalue weighted by atomic mass is 28.3. The van der Waals surface area contributed by atoms with Crippen molar-refractivity contribution in [3.63, 3.8) is 0 Å². The summed E-state index contributed by atoms with van der Waals surface area (Å²) in [4.78, 5) is 23.3. The highest BCUT2D eigenvalue weighted by Gasteiger charge is 2.41. The quantitative estimate of drug-likeness (QED) is 0.258. The lowest BCUT2D eigenvalue weighted by molar-refractivity contribution is 0.323. The predicted molar refractivity (Wildman–Crippen MR) is 163 cm³/mol. The largest absolute Gasteiger partial charge is 0.495 e. The van der Waals surface area contributed by atoms with Crippen LogP contribution in [0.25, 0.3) is 11.0 Å². The number of para-hydroxylation sites is 2. The van der Waals surface area contributed by atoms with Crippen LogP contribution in [-0.4, -0.2) is 35.8 Å². The van der Waals surface area contributed by atoms with Gasteiger partial charge in [-0.1, -0.05) is 59.6 Å². The summed E-state index contributed by atoms with van der Waals surface area (Å²) < 4.78 is 7.34. The Labute approximate surface area is 233 Å². The summed E-state index contributed by atoms with van der Waals surface area (Å²) in [6, 6.07) is 9.56. The topological polar surface area (TPSA) is 95.1 Å². The molecule has 208 valence electrons. The molecular formula is C31H43N5O2Si. The molecule has 8 heteroatoms. The van der Waals surface area contributed by atoms with Gasteiger partial charge in [0.25, 0.3) is 5.56 Å². The molecule has 0 radical (unpaired) electrons. The lowest BCUT2D eigenvalue weighted by Crippen LogP contribution is -2.43. The summed E-state index contributed by atoms with van der Waals surface area (Å²) in [6.07, 6.45) is 5.29. The van der Waals surface area contributed by atoms with Gasteiger partial charge in [0.2, 0.25) is 5.95 Å². The van der Waals surface area contributed by atoms with E-state index in [9.17, 15) is 4.79 Å². The number of fused-ring (bicyclic) bond motifs is 1. The molecule has 2 aromatic heterocycles. The first-order valence-electron chi connectivity index (χ1n) is 14.2. The van der Waals surface area contributed by atoms with E-state index in [1.165, 1.54) is 0 Å². The minimum absolute atomic E-state index is 0.0475. The second-order valence-corrected chi connectivity index (χ2v) is 17.3. The number of methoxy groups -OCH3 is 1. The summed E-state index contributed by atoms with van der Waals surface area (Å²) in [5, 5.41) is 4.09. The van der Waals surface area contributed by atoms with Crippen LogP contribution < -0.4 is 21.3 Å². The lowest BCUT2D eigenvalue weighted by atomic mass is 9.91. The van der Waals surface area contributed by atoms with Crippen LogP contribution in [0.4, 0.5) is 11.6 Å². The van der Waals surface area contributed by atoms with E-state index in [0.717, 1.165) is 36.8 Å². The van der Waals surface area contributed by atoms with Crippen LogP contribution in [0.1, 0.15) is 78.8 Å². The summed E-state index contributed by atoms with van der Waals surface area (Å²) in [5.41, 5.74) is 13.5. The van der Waals surface area contributed by atoms with Gasteiger partial charge in [0.05, 0.1) is 18.2 Å². The number of nitrogens with one attached hydrogen (secondary N) is 1. The molecule has 1 aromatic carbocycles. The molecule has 3 N–H and O–H groups in total. The number of hydrogen-bond acceptors (Lipinski definition) is 6. The molecular weight excluding hydrogens is 502 g/mol. The molecule has 1 aliphatic carbocycles. The average Bonchev–Trinajstić information content (AvgIpc) is 2.89. The van der Waals surface area contributed by atoms with E-state index in [2.05, 4.69) is 63.3 Å². The van der Waals surface area contributed by atoms with Gasteiger partial charge in [0.15, 0.2) is 0 Å². The number of rotatable bonds is 7. The third-order valence-corrected chi connectivity index (χ3v) is 14.8. The Bertz CT molecular complexity index is 1410. The minimum Gasteiger partial charge on any atom is -0.495 e. The average molecular weight is 546 g/mol. The van der Waals surface area contributed by atoms with Gasteiger partial charge in [-0.05, 0) is 54.4 Å². The Kier molecular flexibility index (Phi) is 8.82. The molecule has 2 heterocycles. The normalized spacial score (nSPS) is 17.9. The molecule has 3 aromatic rings. The van der Waals surface area contributed by atoms with Crippen LogP contribution in [0, 0.1) is 11.5 Å². The molecule has 0 unspecified atom stereocenters. The number of nitrogens with two attached hydrogens (primary N) is 1. The number of benzene rings is 1. The predicted octanol–water partition coefficient (Wildman–Crippen LogP) is 6.56. The van der Waals surface area contributed by atoms with E-state index in [4.69, 9.17) is 15.5 Å². The standard InChI is InChI=1S/C31H43N5O2Si/c1-20(2)39(21(3)4,22(5)6)17-16-23-18-29(37)36(25-14-12-24(32)13-15-25)30-26(23)19-33-31(35-30)34-27-10-8-9-11-28(27)38-7/h8-11,18-22,24-25H,12-15,32H2,1-7H3,(H,33,34,35). The first-order valence-corrected chi connectivity index (χ1v) is 16.4. The molecule has 0 atom stereocenters. The van der Waals surface area contributed by atoms with Crippen molar-refractivity contribution in [3.05, 3.63) is 52.4 Å². The number of nitrogens with zero attached hydrogens (tertiary/aromatic N) is 3. The first-order chi connectivity index (χ1) is 18.6. The van der Waals surface area contributed by atoms with Crippen molar-refractivity contribution in [3.8, 4) is 17.2 Å². The summed E-state index contributed by atoms with van der Waals surface area (Å²) in [5.74, 6) is 4.60. The second kappa shape index (κ2) is 11.9. The van der Waals surface area contributed by atoms with E-state index in [1.807, 2.05) is 28.8 Å². The Morgan fingerprint density at radius 2 is 1.69 bits per heavy atom. The Hall–Kier alpha value is -3.15. The Balaban J connectivity index is 1.90. The van der Waals surface area contributed by atoms with Gasteiger partial charge < -0.3 is 15.8 Å². The fraction of sp³-hybridized carbons (Fsp3) is 0.516. The van der Waals surface area contributed by atoms with Crippen molar-refractivity contribution in [1.82, 2.24) is 14.5 Å². The van der Waals surface area contributed by atoms with Crippen molar-refractivity contribution >= 4 is 30.7 Å². The van der Waals surface area contributed by atoms with Crippen molar-refractivity contribution < 1.29 is 4.74 Å². The van der Waals surface area contributed by atoms with E-state index in [0.29, 0.717) is 39.5 Å². The number of anilines is 2. The van der Waals surface area contributed by atoms with Gasteiger partial charge in [0, 0.05) is 29.9 Å². The van der Waals surface area contributed by atoms with Gasteiger partial charge in [0.1, 0.15) is 19.5 Å². The van der Waals surface area contributed by atoms with Crippen molar-refractivity contribution in [2.24, 2.45) is 5.73 Å². The molecule has 0 aliphatic heterocycles. The lowest BCUT2D eigenvalue weighted by Gasteiger charge is -2.38. The maximum atomic E-state index is 13.7. The molecule has 0 spiro atoms. The SMILES string of the molecule is COc1ccccc1Nc1ncc2c(C#C[Si](C(C)C)(C(C)C)C(C)C)cc(=O)n(C3CCC(N)CC3)c2n1. The van der Waals surface area contributed by atoms with Crippen molar-refractivity contribution in [1.29, 1.82) is 0 Å². The van der Waals surface area contributed by atoms with Crippen LogP contribution in [0.2, 0.25) is 16.6 Å². The molecule has 1 aliphatic rings. The zero-order chi connectivity index (χ0) is 28.3. The van der Waals surface area contributed by atoms with Crippen LogP contribution >= 0.6 is 0 Å². The maximum absolute atomic E-state index is 13.7. The van der Waals surface area contributed by atoms with Gasteiger partial charge in [-0.25, -0.2) is 4.98 Å². The van der Waals surface area contributed by atoms with Gasteiger partial charge in [-0.15, -0.1) is 5.54 Å². The molecule has 1 saturated carbocycles. The Morgan fingerprint density at radius 3 is 2.31 bits per heavy atom. The van der Waals surface area contributed by atoms with Gasteiger partial charge >= 0.3 is 0 Å². The summed E-state index contributed by atoms with van der Waals surface area (Å²) in [7, 11) is -0.360. The summed E-state index contributed by atoms with van der Waals surface area (Å²) >= 11 is 0. The van der Waals surface area contributed by atoms with Crippen LogP contribution in [0.3, 0.4) is 0 Å². The maximum Gasteiger partial charge on any atom is 0.253 e. The zero-order valence-electron chi connectivity index (χ0n) is 24.4. The van der Waals surface area contributed by atoms with Crippen molar-refractivity contribution in [2.45, 2.75) is 95.9 Å². The van der Waals surface area contributed by atoms with Crippen LogP contribution in [0.15, 0.2) is 41.3 Å². The van der Waals surface area contributed by atoms with Gasteiger partial charge in [-0.2, -0.15) is 4.98 Å². The molecule has 0 bridgehead atoms. The number of pyridine rings is 1. The molecule has 0 amide bonds. The smallest absolute Gasteiger partial charge is 0.253 e. The summed E-state index contributed by atoms with van der Waals surface area (Å²) in [6.45, 7) is 13.8. The molecule has 7 nitrogen and oxygen atoms in total. The van der Waals surface area contributed by atoms with Crippen molar-refractivity contribution in [2.75, 3.05) is 12.4 Å². The fourth-order valence-electron chi connectivity index (χ4n) is 6.47. The second-order valence-electron chi connectivity index (χ2n) is 11.7. The molecule has 1 fully saturated rings. The highest BCUT2D eigenvalue weighted by Crippen LogP contribution is 2.41. The highest BCUT2D eigenvalue weighted by molar-refractivity contribution is 6.90. The monoisotopic (exact) mass is 545 g/mol. The zero-order valence-corrected chi connectivity index (χ0v) is 25.4. The Morgan fingerprint density at radius 1 is 1.05 bits per heavy atom. The third kappa shape index (κ3) is 5.75. The minimum atomic E-state index is -1.99. The number of hydrogen-bond donors (Lipinski definition) is 2. The van der Waals surface area contributed by atoms with E-state index < -0.39 is 8.07 Å². The molecule has 0 saturated heterocycles. The van der Waals surface area contributed by atoms with E-state index in [1.54, 1.807) is 19.4 Å². The fourth-order valence-corrected chi connectivity index (χ4v) is 11.7. The molecule has 4 rings (SSSR count). The first kappa shape index (κ1) is 28.8.